The molecule has 0 amide bonds. The van der Waals surface area contributed by atoms with E-state index < -0.39 is 106 Å². The molecule has 2 unspecified atom stereocenters. The lowest BCUT2D eigenvalue weighted by atomic mass is 9.78. The Morgan fingerprint density at radius 3 is 1.07 bits per heavy atom. The summed E-state index contributed by atoms with van der Waals surface area (Å²) in [5.41, 5.74) is -3.49. The number of aryl methyl sites for hydroxylation is 2. The maximum Gasteiger partial charge on any atom is 0.350 e. The highest BCUT2D eigenvalue weighted by atomic mass is 16.6. The minimum atomic E-state index is -1.76. The summed E-state index contributed by atoms with van der Waals surface area (Å²) in [6, 6.07) is 7.49. The lowest BCUT2D eigenvalue weighted by Crippen LogP contribution is -2.35. The summed E-state index contributed by atoms with van der Waals surface area (Å²) < 4.78 is 30.6. The van der Waals surface area contributed by atoms with Crippen molar-refractivity contribution in [3.05, 3.63) is 91.0 Å². The number of aromatic hydroxyl groups is 2. The van der Waals surface area contributed by atoms with E-state index >= 15 is 0 Å². The Hall–Kier alpha value is -6.06. The smallest absolute Gasteiger partial charge is 0.350 e. The van der Waals surface area contributed by atoms with Gasteiger partial charge in [0.25, 0.3) is 0 Å². The molecule has 2 atom stereocenters. The van der Waals surface area contributed by atoms with Crippen LogP contribution < -0.4 is 11.3 Å². The van der Waals surface area contributed by atoms with Crippen molar-refractivity contribution in [2.45, 2.75) is 66.2 Å². The van der Waals surface area contributed by atoms with Gasteiger partial charge >= 0.3 is 35.1 Å². The van der Waals surface area contributed by atoms with Gasteiger partial charge in [-0.25, -0.2) is 9.59 Å². The molecule has 0 saturated heterocycles. The number of rotatable bonds is 18. The summed E-state index contributed by atoms with van der Waals surface area (Å²) >= 11 is 0. The van der Waals surface area contributed by atoms with Gasteiger partial charge in [-0.2, -0.15) is 0 Å². The number of esters is 4. The molecule has 0 fully saturated rings. The van der Waals surface area contributed by atoms with Crippen LogP contribution in [0, 0.1) is 25.7 Å². The zero-order valence-electron chi connectivity index (χ0n) is 30.6. The maximum absolute atomic E-state index is 13.6. The number of hydrogen-bond donors (Lipinski definition) is 2. The topological polar surface area (TPSA) is 240 Å². The van der Waals surface area contributed by atoms with E-state index in [1.54, 1.807) is 0 Å². The summed E-state index contributed by atoms with van der Waals surface area (Å²) in [7, 11) is 0. The van der Waals surface area contributed by atoms with E-state index in [9.17, 15) is 48.6 Å². The summed E-state index contributed by atoms with van der Waals surface area (Å²) in [4.78, 5) is 106. The van der Waals surface area contributed by atoms with E-state index in [0.717, 1.165) is 12.1 Å². The molecule has 2 N–H and O–H groups in total. The SMILES string of the molecule is CCOC(=O)C(C(=O)OCC)C(CC(=O)c1c(O)cc(C)oc1=O)c1ccc(C(CC(=O)c2c(O)cc(C)oc2=O)C(C(=O)OCC)C(=O)OCC)cc1. The van der Waals surface area contributed by atoms with Crippen LogP contribution >= 0.6 is 0 Å². The average Bonchev–Trinajstić information content (AvgIpc) is 3.07. The predicted octanol–water partition coefficient (Wildman–Crippen LogP) is 3.82. The van der Waals surface area contributed by atoms with Gasteiger partial charge in [0, 0.05) is 36.8 Å². The number of Topliss-reactive ketones (excluding diaryl/α,β-unsaturated/α-hetero) is 2. The van der Waals surface area contributed by atoms with Crippen LogP contribution in [0.3, 0.4) is 0 Å². The van der Waals surface area contributed by atoms with Crippen molar-refractivity contribution in [1.29, 1.82) is 0 Å². The Balaban J connectivity index is 2.24. The number of benzene rings is 1. The fourth-order valence-electron chi connectivity index (χ4n) is 5.93. The van der Waals surface area contributed by atoms with E-state index in [4.69, 9.17) is 27.8 Å². The molecule has 16 nitrogen and oxygen atoms in total. The van der Waals surface area contributed by atoms with Crippen molar-refractivity contribution in [2.24, 2.45) is 11.8 Å². The number of ether oxygens (including phenoxy) is 4. The first-order valence-electron chi connectivity index (χ1n) is 17.1. The van der Waals surface area contributed by atoms with Crippen LogP contribution in [-0.2, 0) is 38.1 Å². The standard InChI is InChI=1S/C38H42O16/c1-7-49-33(43)29(34(44)50-8-2)23(17-27(41)31-25(39)15-19(5)53-37(31)47)21-11-13-22(14-12-21)24(30(35(45)51-9-3)36(46)52-10-4)18-28(42)32-26(40)16-20(6)54-38(32)48/h11-16,23-24,29-30,39-40H,7-10,17-18H2,1-6H3. The van der Waals surface area contributed by atoms with Crippen molar-refractivity contribution >= 4 is 35.4 Å². The Morgan fingerprint density at radius 2 is 0.833 bits per heavy atom. The first-order valence-corrected chi connectivity index (χ1v) is 17.1. The highest BCUT2D eigenvalue weighted by molar-refractivity contribution is 6.02. The normalized spacial score (nSPS) is 12.1. The third kappa shape index (κ3) is 10.1. The molecule has 0 aliphatic rings. The minimum absolute atomic E-state index is 0.0209. The lowest BCUT2D eigenvalue weighted by molar-refractivity contribution is -0.164. The van der Waals surface area contributed by atoms with Gasteiger partial charge in [-0.1, -0.05) is 24.3 Å². The zero-order chi connectivity index (χ0) is 40.3. The van der Waals surface area contributed by atoms with Crippen molar-refractivity contribution in [3.8, 4) is 11.5 Å². The summed E-state index contributed by atoms with van der Waals surface area (Å²) in [5.74, 6) is -13.8. The van der Waals surface area contributed by atoms with Gasteiger partial charge in [0.2, 0.25) is 0 Å². The van der Waals surface area contributed by atoms with Gasteiger partial charge in [-0.05, 0) is 52.7 Å². The van der Waals surface area contributed by atoms with E-state index in [-0.39, 0.29) is 49.1 Å². The van der Waals surface area contributed by atoms with Crippen LogP contribution in [0.1, 0.15) is 95.7 Å². The van der Waals surface area contributed by atoms with Gasteiger partial charge in [-0.3, -0.25) is 28.8 Å². The third-order valence-corrected chi connectivity index (χ3v) is 8.24. The number of hydrogen-bond acceptors (Lipinski definition) is 16. The van der Waals surface area contributed by atoms with E-state index in [2.05, 4.69) is 0 Å². The second-order valence-corrected chi connectivity index (χ2v) is 11.9. The molecule has 0 aliphatic heterocycles. The molecule has 0 aliphatic carbocycles. The zero-order valence-corrected chi connectivity index (χ0v) is 30.6. The molecule has 54 heavy (non-hydrogen) atoms. The van der Waals surface area contributed by atoms with Crippen LogP contribution in [0.4, 0.5) is 0 Å². The fourth-order valence-corrected chi connectivity index (χ4v) is 5.93. The highest BCUT2D eigenvalue weighted by Crippen LogP contribution is 2.37. The molecule has 0 radical (unpaired) electrons. The van der Waals surface area contributed by atoms with Crippen molar-refractivity contribution < 1.29 is 66.8 Å². The van der Waals surface area contributed by atoms with Crippen LogP contribution in [0.25, 0.3) is 0 Å². The number of ketones is 2. The van der Waals surface area contributed by atoms with Crippen LogP contribution in [0.2, 0.25) is 0 Å². The van der Waals surface area contributed by atoms with E-state index in [0.29, 0.717) is 0 Å². The molecule has 1 aromatic carbocycles. The Bertz CT molecular complexity index is 1810. The molecule has 0 saturated carbocycles. The van der Waals surface area contributed by atoms with Crippen LogP contribution in [0.5, 0.6) is 11.5 Å². The Labute approximate surface area is 309 Å². The van der Waals surface area contributed by atoms with Gasteiger partial charge in [-0.15, -0.1) is 0 Å². The largest absolute Gasteiger partial charge is 0.507 e. The molecule has 3 rings (SSSR count). The first-order chi connectivity index (χ1) is 25.6. The number of carbonyl (C=O) groups is 6. The van der Waals surface area contributed by atoms with E-state index in [1.165, 1.54) is 65.8 Å². The first kappa shape index (κ1) is 42.4. The molecular weight excluding hydrogens is 712 g/mol. The summed E-state index contributed by atoms with van der Waals surface area (Å²) in [6.07, 6.45) is -1.44. The molecule has 2 heterocycles. The third-order valence-electron chi connectivity index (χ3n) is 8.24. The average molecular weight is 755 g/mol. The van der Waals surface area contributed by atoms with Crippen molar-refractivity contribution in [2.75, 3.05) is 26.4 Å². The van der Waals surface area contributed by atoms with Gasteiger partial charge in [0.15, 0.2) is 23.4 Å². The van der Waals surface area contributed by atoms with Crippen molar-refractivity contribution in [3.63, 3.8) is 0 Å². The van der Waals surface area contributed by atoms with E-state index in [1.807, 2.05) is 0 Å². The van der Waals surface area contributed by atoms with Crippen LogP contribution in [-0.4, -0.2) is 72.1 Å². The molecule has 0 spiro atoms. The maximum atomic E-state index is 13.6. The summed E-state index contributed by atoms with van der Waals surface area (Å²) in [5, 5.41) is 20.9. The summed E-state index contributed by atoms with van der Waals surface area (Å²) in [6.45, 7) is 8.15. The van der Waals surface area contributed by atoms with Gasteiger partial charge in [0.1, 0.15) is 34.1 Å². The second kappa shape index (κ2) is 19.1. The Morgan fingerprint density at radius 1 is 0.556 bits per heavy atom. The molecule has 0 bridgehead atoms. The fraction of sp³-hybridized carbons (Fsp3) is 0.421. The lowest BCUT2D eigenvalue weighted by Gasteiger charge is -2.26. The monoisotopic (exact) mass is 754 g/mol. The molecule has 290 valence electrons. The molecule has 3 aromatic rings. The van der Waals surface area contributed by atoms with Crippen molar-refractivity contribution in [1.82, 2.24) is 0 Å². The highest BCUT2D eigenvalue weighted by Gasteiger charge is 2.43. The quantitative estimate of drug-likeness (QED) is 0.0812. The molecule has 16 heteroatoms. The predicted molar refractivity (Wildman–Crippen MR) is 186 cm³/mol. The molecule has 2 aromatic heterocycles. The second-order valence-electron chi connectivity index (χ2n) is 11.9. The Kier molecular flexibility index (Phi) is 15.0. The van der Waals surface area contributed by atoms with Gasteiger partial charge < -0.3 is 38.0 Å². The minimum Gasteiger partial charge on any atom is -0.507 e. The van der Waals surface area contributed by atoms with Crippen LogP contribution in [0.15, 0.2) is 54.8 Å². The van der Waals surface area contributed by atoms with Gasteiger partial charge in [0.05, 0.1) is 26.4 Å². The number of carbonyl (C=O) groups excluding carboxylic acids is 6. The molecular formula is C38H42O16.